The van der Waals surface area contributed by atoms with Crippen LogP contribution in [0.1, 0.15) is 52.7 Å². The van der Waals surface area contributed by atoms with Crippen LogP contribution in [0.15, 0.2) is 48.3 Å². The molecule has 9 heteroatoms. The number of hydrogen-bond donors (Lipinski definition) is 0. The number of ketones is 1. The maximum Gasteiger partial charge on any atom is 0.350 e. The van der Waals surface area contributed by atoms with Crippen LogP contribution >= 0.6 is 22.9 Å². The number of carbonyl (C=O) groups excluding carboxylic acids is 3. The highest BCUT2D eigenvalue weighted by Gasteiger charge is 2.53. The number of benzene rings is 1. The molecule has 1 aliphatic carbocycles. The van der Waals surface area contributed by atoms with Crippen molar-refractivity contribution in [2.75, 3.05) is 11.5 Å². The highest BCUT2D eigenvalue weighted by atomic mass is 35.5. The summed E-state index contributed by atoms with van der Waals surface area (Å²) in [5, 5.41) is 0.787. The number of ether oxygens (including phenoxy) is 2. The fourth-order valence-electron chi connectivity index (χ4n) is 4.91. The Balaban J connectivity index is 1.60. The largest absolute Gasteiger partial charge is 0.483 e. The SMILES string of the molecule is C=CCOC(=O)c1sc(N2C(=O)C3=C(C(=O)C4CCCCC4O3)C2c2cccc(Cl)c2)nc1C. The fraction of sp³-hybridized carbons (Fsp3) is 0.360. The van der Waals surface area contributed by atoms with E-state index in [4.69, 9.17) is 21.1 Å². The molecule has 1 fully saturated rings. The van der Waals surface area contributed by atoms with Crippen molar-refractivity contribution in [3.8, 4) is 0 Å². The molecule has 176 valence electrons. The number of anilines is 1. The van der Waals surface area contributed by atoms with E-state index in [1.54, 1.807) is 25.1 Å². The van der Waals surface area contributed by atoms with Gasteiger partial charge in [0.1, 0.15) is 17.6 Å². The van der Waals surface area contributed by atoms with Crippen molar-refractivity contribution in [2.45, 2.75) is 44.8 Å². The highest BCUT2D eigenvalue weighted by Crippen LogP contribution is 2.49. The van der Waals surface area contributed by atoms with Gasteiger partial charge in [0.25, 0.3) is 5.91 Å². The molecule has 0 N–H and O–H groups in total. The first kappa shape index (κ1) is 22.8. The minimum absolute atomic E-state index is 0.0503. The van der Waals surface area contributed by atoms with Gasteiger partial charge in [0.15, 0.2) is 16.7 Å². The molecule has 1 saturated carbocycles. The molecule has 5 rings (SSSR count). The van der Waals surface area contributed by atoms with Crippen LogP contribution in [-0.2, 0) is 19.1 Å². The zero-order valence-corrected chi connectivity index (χ0v) is 20.2. The van der Waals surface area contributed by atoms with Crippen molar-refractivity contribution in [1.82, 2.24) is 4.98 Å². The molecule has 3 heterocycles. The molecule has 3 unspecified atom stereocenters. The molecule has 2 aliphatic heterocycles. The number of fused-ring (bicyclic) bond motifs is 1. The summed E-state index contributed by atoms with van der Waals surface area (Å²) < 4.78 is 11.3. The third kappa shape index (κ3) is 3.75. The average molecular weight is 499 g/mol. The predicted molar refractivity (Wildman–Crippen MR) is 128 cm³/mol. The second kappa shape index (κ2) is 9.00. The molecule has 2 aromatic rings. The molecule has 7 nitrogen and oxygen atoms in total. The van der Waals surface area contributed by atoms with E-state index in [1.165, 1.54) is 11.0 Å². The van der Waals surface area contributed by atoms with Crippen molar-refractivity contribution in [2.24, 2.45) is 5.92 Å². The van der Waals surface area contributed by atoms with Crippen molar-refractivity contribution in [3.05, 3.63) is 69.4 Å². The number of Topliss-reactive ketones (excluding diaryl/α,β-unsaturated/α-hetero) is 1. The number of esters is 1. The number of rotatable bonds is 5. The summed E-state index contributed by atoms with van der Waals surface area (Å²) in [6, 6.07) is 6.34. The molecular formula is C25H23ClN2O5S. The lowest BCUT2D eigenvalue weighted by Gasteiger charge is -2.35. The van der Waals surface area contributed by atoms with Crippen LogP contribution in [0.3, 0.4) is 0 Å². The minimum atomic E-state index is -0.737. The number of carbonyl (C=O) groups is 3. The van der Waals surface area contributed by atoms with Crippen LogP contribution in [0, 0.1) is 12.8 Å². The zero-order chi connectivity index (χ0) is 24.0. The van der Waals surface area contributed by atoms with Crippen LogP contribution in [0.25, 0.3) is 0 Å². The molecule has 1 aromatic carbocycles. The summed E-state index contributed by atoms with van der Waals surface area (Å²) in [6.07, 6.45) is 4.61. The average Bonchev–Trinajstić information content (AvgIpc) is 3.35. The topological polar surface area (TPSA) is 85.8 Å². The monoisotopic (exact) mass is 498 g/mol. The van der Waals surface area contributed by atoms with Gasteiger partial charge in [-0.15, -0.1) is 0 Å². The summed E-state index contributed by atoms with van der Waals surface area (Å²) in [5.41, 5.74) is 1.47. The van der Waals surface area contributed by atoms with E-state index >= 15 is 0 Å². The van der Waals surface area contributed by atoms with Crippen molar-refractivity contribution < 1.29 is 23.9 Å². The van der Waals surface area contributed by atoms with Crippen molar-refractivity contribution >= 4 is 45.7 Å². The van der Waals surface area contributed by atoms with E-state index in [2.05, 4.69) is 11.6 Å². The Morgan fingerprint density at radius 2 is 2.15 bits per heavy atom. The molecule has 34 heavy (non-hydrogen) atoms. The molecule has 1 aromatic heterocycles. The first-order chi connectivity index (χ1) is 16.4. The highest BCUT2D eigenvalue weighted by molar-refractivity contribution is 7.17. The standard InChI is InChI=1S/C25H23ClN2O5S/c1-3-11-32-24(31)22-13(2)27-25(34-22)28-19(14-7-6-8-15(26)12-14)18-20(29)16-9-4-5-10-17(16)33-21(18)23(28)30/h3,6-8,12,16-17,19H,1,4-5,9-11H2,2H3. The van der Waals surface area contributed by atoms with Gasteiger partial charge < -0.3 is 9.47 Å². The lowest BCUT2D eigenvalue weighted by atomic mass is 9.77. The summed E-state index contributed by atoms with van der Waals surface area (Å²) in [5.74, 6) is -1.20. The quantitative estimate of drug-likeness (QED) is 0.428. The third-order valence-electron chi connectivity index (χ3n) is 6.44. The minimum Gasteiger partial charge on any atom is -0.483 e. The van der Waals surface area contributed by atoms with Gasteiger partial charge in [-0.25, -0.2) is 9.78 Å². The summed E-state index contributed by atoms with van der Waals surface area (Å²) in [4.78, 5) is 46.1. The summed E-state index contributed by atoms with van der Waals surface area (Å²) >= 11 is 7.33. The van der Waals surface area contributed by atoms with Gasteiger partial charge in [-0.3, -0.25) is 14.5 Å². The van der Waals surface area contributed by atoms with Gasteiger partial charge in [0.2, 0.25) is 0 Å². The van der Waals surface area contributed by atoms with Crippen LogP contribution < -0.4 is 4.90 Å². The van der Waals surface area contributed by atoms with E-state index in [-0.39, 0.29) is 30.2 Å². The number of aromatic nitrogens is 1. The number of thiazole rings is 1. The second-order valence-corrected chi connectivity index (χ2v) is 10.00. The number of halogens is 1. The maximum absolute atomic E-state index is 13.7. The molecule has 0 spiro atoms. The second-order valence-electron chi connectivity index (χ2n) is 8.59. The van der Waals surface area contributed by atoms with Gasteiger partial charge in [-0.2, -0.15) is 0 Å². The number of amides is 1. The number of hydrogen-bond acceptors (Lipinski definition) is 7. The van der Waals surface area contributed by atoms with Gasteiger partial charge in [-0.05, 0) is 43.9 Å². The van der Waals surface area contributed by atoms with Gasteiger partial charge >= 0.3 is 5.97 Å². The van der Waals surface area contributed by atoms with Crippen LogP contribution in [-0.4, -0.2) is 35.4 Å². The van der Waals surface area contributed by atoms with Gasteiger partial charge in [-0.1, -0.05) is 54.1 Å². The van der Waals surface area contributed by atoms with Crippen molar-refractivity contribution in [1.29, 1.82) is 0 Å². The molecule has 3 atom stereocenters. The summed E-state index contributed by atoms with van der Waals surface area (Å²) in [6.45, 7) is 5.31. The third-order valence-corrected chi connectivity index (χ3v) is 7.81. The zero-order valence-electron chi connectivity index (χ0n) is 18.6. The van der Waals surface area contributed by atoms with E-state index in [9.17, 15) is 14.4 Å². The lowest BCUT2D eigenvalue weighted by molar-refractivity contribution is -0.131. The first-order valence-corrected chi connectivity index (χ1v) is 12.4. The van der Waals surface area contributed by atoms with Crippen molar-refractivity contribution in [3.63, 3.8) is 0 Å². The predicted octanol–water partition coefficient (Wildman–Crippen LogP) is 4.95. The number of nitrogens with zero attached hydrogens (tertiary/aromatic N) is 2. The van der Waals surface area contributed by atoms with Crippen LogP contribution in [0.2, 0.25) is 5.02 Å². The van der Waals surface area contributed by atoms with Crippen LogP contribution in [0.5, 0.6) is 0 Å². The maximum atomic E-state index is 13.7. The van der Waals surface area contributed by atoms with Gasteiger partial charge in [0, 0.05) is 5.02 Å². The molecule has 3 aliphatic rings. The molecule has 1 amide bonds. The van der Waals surface area contributed by atoms with E-state index in [1.807, 2.05) is 6.07 Å². The Morgan fingerprint density at radius 1 is 1.35 bits per heavy atom. The van der Waals surface area contributed by atoms with Gasteiger partial charge in [0.05, 0.1) is 23.2 Å². The Morgan fingerprint density at radius 3 is 2.91 bits per heavy atom. The smallest absolute Gasteiger partial charge is 0.350 e. The van der Waals surface area contributed by atoms with E-state index < -0.39 is 17.9 Å². The van der Waals surface area contributed by atoms with E-state index in [0.29, 0.717) is 31.9 Å². The summed E-state index contributed by atoms with van der Waals surface area (Å²) in [7, 11) is 0. The van der Waals surface area contributed by atoms with E-state index in [0.717, 1.165) is 37.0 Å². The number of aryl methyl sites for hydroxylation is 1. The molecule has 0 radical (unpaired) electrons. The molecular weight excluding hydrogens is 476 g/mol. The lowest BCUT2D eigenvalue weighted by Crippen LogP contribution is -2.39. The fourth-order valence-corrected chi connectivity index (χ4v) is 6.10. The Bertz CT molecular complexity index is 1240. The molecule has 0 bridgehead atoms. The normalized spacial score (nSPS) is 23.9. The van der Waals surface area contributed by atoms with Crippen LogP contribution in [0.4, 0.5) is 5.13 Å². The Hall–Kier alpha value is -2.97. The molecule has 0 saturated heterocycles. The Kier molecular flexibility index (Phi) is 6.04. The first-order valence-electron chi connectivity index (χ1n) is 11.2. The Labute approximate surface area is 206 Å².